The number of rotatable bonds is 5. The van der Waals surface area contributed by atoms with E-state index < -0.39 is 0 Å². The summed E-state index contributed by atoms with van der Waals surface area (Å²) in [5.74, 6) is 0. The average molecular weight is 204 g/mol. The maximum atomic E-state index is 4.31. The quantitative estimate of drug-likeness (QED) is 0.796. The van der Waals surface area contributed by atoms with Crippen molar-refractivity contribution in [3.05, 3.63) is 30.1 Å². The van der Waals surface area contributed by atoms with E-state index in [9.17, 15) is 0 Å². The average Bonchev–Trinajstić information content (AvgIpc) is 2.99. The molecule has 82 valence electrons. The van der Waals surface area contributed by atoms with Crippen molar-refractivity contribution in [3.8, 4) is 0 Å². The summed E-state index contributed by atoms with van der Waals surface area (Å²) in [6.45, 7) is 5.70. The molecule has 1 aromatic rings. The van der Waals surface area contributed by atoms with E-state index in [1.54, 1.807) is 0 Å². The van der Waals surface area contributed by atoms with Crippen LogP contribution in [0.5, 0.6) is 0 Å². The molecule has 1 heterocycles. The van der Waals surface area contributed by atoms with Crippen LogP contribution in [0.2, 0.25) is 0 Å². The molecule has 0 bridgehead atoms. The third-order valence-electron chi connectivity index (χ3n) is 3.64. The van der Waals surface area contributed by atoms with E-state index >= 15 is 0 Å². The largest absolute Gasteiger partial charge is 0.313 e. The summed E-state index contributed by atoms with van der Waals surface area (Å²) < 4.78 is 0. The number of nitrogens with one attached hydrogen (secondary N) is 1. The van der Waals surface area contributed by atoms with Crippen molar-refractivity contribution in [3.63, 3.8) is 0 Å². The van der Waals surface area contributed by atoms with Crippen molar-refractivity contribution in [2.45, 2.75) is 39.2 Å². The number of hydrogen-bond acceptors (Lipinski definition) is 2. The number of aromatic nitrogens is 1. The van der Waals surface area contributed by atoms with Crippen molar-refractivity contribution >= 4 is 0 Å². The predicted molar refractivity (Wildman–Crippen MR) is 62.7 cm³/mol. The lowest BCUT2D eigenvalue weighted by molar-refractivity contribution is 0.383. The first-order valence-electron chi connectivity index (χ1n) is 5.84. The Bertz CT molecular complexity index is 304. The molecule has 1 aliphatic carbocycles. The summed E-state index contributed by atoms with van der Waals surface area (Å²) >= 11 is 0. The van der Waals surface area contributed by atoms with Crippen molar-refractivity contribution in [1.82, 2.24) is 10.3 Å². The molecule has 2 rings (SSSR count). The van der Waals surface area contributed by atoms with Crippen LogP contribution in [0.1, 0.15) is 32.4 Å². The molecular formula is C13H20N2. The summed E-state index contributed by atoms with van der Waals surface area (Å²) in [7, 11) is 0. The molecule has 0 saturated heterocycles. The third-order valence-corrected chi connectivity index (χ3v) is 3.64. The lowest BCUT2D eigenvalue weighted by Gasteiger charge is -2.20. The van der Waals surface area contributed by atoms with Gasteiger partial charge in [0.05, 0.1) is 0 Å². The van der Waals surface area contributed by atoms with Crippen LogP contribution in [0, 0.1) is 5.41 Å². The van der Waals surface area contributed by atoms with Gasteiger partial charge in [-0.3, -0.25) is 4.98 Å². The summed E-state index contributed by atoms with van der Waals surface area (Å²) in [6, 6.07) is 6.74. The Morgan fingerprint density at radius 3 is 2.87 bits per heavy atom. The van der Waals surface area contributed by atoms with Crippen LogP contribution in [0.4, 0.5) is 0 Å². The van der Waals surface area contributed by atoms with Gasteiger partial charge in [0.1, 0.15) is 0 Å². The molecule has 0 amide bonds. The number of nitrogens with zero attached hydrogens (tertiary/aromatic N) is 1. The smallest absolute Gasteiger partial charge is 0.0416 e. The van der Waals surface area contributed by atoms with E-state index in [0.29, 0.717) is 11.5 Å². The summed E-state index contributed by atoms with van der Waals surface area (Å²) in [4.78, 5) is 4.31. The van der Waals surface area contributed by atoms with Gasteiger partial charge < -0.3 is 5.32 Å². The van der Waals surface area contributed by atoms with Crippen molar-refractivity contribution in [2.75, 3.05) is 6.54 Å². The molecule has 1 aliphatic rings. The lowest BCUT2D eigenvalue weighted by atomic mass is 10.0. The Kier molecular flexibility index (Phi) is 3.06. The summed E-state index contributed by atoms with van der Waals surface area (Å²) in [6.07, 6.45) is 5.65. The van der Waals surface area contributed by atoms with Gasteiger partial charge in [-0.05, 0) is 37.3 Å². The number of pyridine rings is 1. The molecule has 1 unspecified atom stereocenters. The molecule has 15 heavy (non-hydrogen) atoms. The van der Waals surface area contributed by atoms with Gasteiger partial charge in [0.25, 0.3) is 0 Å². The molecule has 1 atom stereocenters. The molecule has 1 saturated carbocycles. The molecule has 0 aromatic carbocycles. The zero-order valence-corrected chi connectivity index (χ0v) is 9.66. The molecule has 1 fully saturated rings. The van der Waals surface area contributed by atoms with E-state index in [4.69, 9.17) is 0 Å². The SMILES string of the molecule is CC(NCCc1ccccn1)C1(C)CC1. The first-order chi connectivity index (χ1) is 7.21. The lowest BCUT2D eigenvalue weighted by Crippen LogP contribution is -2.34. The minimum Gasteiger partial charge on any atom is -0.313 e. The molecule has 1 aromatic heterocycles. The first kappa shape index (κ1) is 10.6. The van der Waals surface area contributed by atoms with Gasteiger partial charge in [0.15, 0.2) is 0 Å². The van der Waals surface area contributed by atoms with E-state index in [0.717, 1.165) is 13.0 Å². The van der Waals surface area contributed by atoms with Crippen LogP contribution >= 0.6 is 0 Å². The topological polar surface area (TPSA) is 24.9 Å². The van der Waals surface area contributed by atoms with Crippen LogP contribution in [-0.4, -0.2) is 17.6 Å². The normalized spacial score (nSPS) is 19.9. The second kappa shape index (κ2) is 4.31. The Balaban J connectivity index is 1.71. The summed E-state index contributed by atoms with van der Waals surface area (Å²) in [5, 5.41) is 3.59. The second-order valence-corrected chi connectivity index (χ2v) is 4.90. The van der Waals surface area contributed by atoms with Gasteiger partial charge in [0.2, 0.25) is 0 Å². The van der Waals surface area contributed by atoms with Gasteiger partial charge in [-0.15, -0.1) is 0 Å². The van der Waals surface area contributed by atoms with Gasteiger partial charge in [-0.1, -0.05) is 13.0 Å². The van der Waals surface area contributed by atoms with Crippen LogP contribution in [0.15, 0.2) is 24.4 Å². The fraction of sp³-hybridized carbons (Fsp3) is 0.615. The fourth-order valence-corrected chi connectivity index (χ4v) is 1.84. The highest BCUT2D eigenvalue weighted by molar-refractivity contribution is 5.04. The van der Waals surface area contributed by atoms with E-state index in [1.807, 2.05) is 18.3 Å². The maximum absolute atomic E-state index is 4.31. The van der Waals surface area contributed by atoms with E-state index in [1.165, 1.54) is 18.5 Å². The Labute approximate surface area is 92.1 Å². The number of hydrogen-bond donors (Lipinski definition) is 1. The van der Waals surface area contributed by atoms with E-state index in [-0.39, 0.29) is 0 Å². The highest BCUT2D eigenvalue weighted by Crippen LogP contribution is 2.47. The van der Waals surface area contributed by atoms with Gasteiger partial charge in [0, 0.05) is 30.9 Å². The molecule has 1 N–H and O–H groups in total. The molecule has 0 radical (unpaired) electrons. The third kappa shape index (κ3) is 2.78. The first-order valence-corrected chi connectivity index (χ1v) is 5.84. The Morgan fingerprint density at radius 1 is 1.47 bits per heavy atom. The van der Waals surface area contributed by atoms with E-state index in [2.05, 4.69) is 30.2 Å². The Morgan fingerprint density at radius 2 is 2.27 bits per heavy atom. The van der Waals surface area contributed by atoms with Crippen molar-refractivity contribution < 1.29 is 0 Å². The van der Waals surface area contributed by atoms with Gasteiger partial charge in [-0.2, -0.15) is 0 Å². The zero-order chi connectivity index (χ0) is 10.7. The zero-order valence-electron chi connectivity index (χ0n) is 9.66. The molecule has 2 nitrogen and oxygen atoms in total. The highest BCUT2D eigenvalue weighted by atomic mass is 14.9. The van der Waals surface area contributed by atoms with Crippen molar-refractivity contribution in [1.29, 1.82) is 0 Å². The van der Waals surface area contributed by atoms with Gasteiger partial charge in [-0.25, -0.2) is 0 Å². The maximum Gasteiger partial charge on any atom is 0.0416 e. The van der Waals surface area contributed by atoms with Crippen LogP contribution < -0.4 is 5.32 Å². The van der Waals surface area contributed by atoms with Crippen molar-refractivity contribution in [2.24, 2.45) is 5.41 Å². The van der Waals surface area contributed by atoms with Crippen LogP contribution in [0.3, 0.4) is 0 Å². The minimum atomic E-state index is 0.574. The molecular weight excluding hydrogens is 184 g/mol. The monoisotopic (exact) mass is 204 g/mol. The standard InChI is InChI=1S/C13H20N2/c1-11(13(2)7-8-13)14-10-6-12-5-3-4-9-15-12/h3-5,9,11,14H,6-8,10H2,1-2H3. The van der Waals surface area contributed by atoms with Gasteiger partial charge >= 0.3 is 0 Å². The summed E-state index contributed by atoms with van der Waals surface area (Å²) in [5.41, 5.74) is 1.75. The second-order valence-electron chi connectivity index (χ2n) is 4.90. The molecule has 0 aliphatic heterocycles. The van der Waals surface area contributed by atoms with Crippen LogP contribution in [0.25, 0.3) is 0 Å². The van der Waals surface area contributed by atoms with Crippen LogP contribution in [-0.2, 0) is 6.42 Å². The highest BCUT2D eigenvalue weighted by Gasteiger charge is 2.41. The predicted octanol–water partition coefficient (Wildman–Crippen LogP) is 2.40. The minimum absolute atomic E-state index is 0.574. The Hall–Kier alpha value is -0.890. The molecule has 2 heteroatoms. The molecule has 0 spiro atoms. The fourth-order valence-electron chi connectivity index (χ4n) is 1.84.